The maximum atomic E-state index is 12.2. The first-order chi connectivity index (χ1) is 13.2. The van der Waals surface area contributed by atoms with Crippen molar-refractivity contribution in [2.45, 2.75) is 37.6 Å². The van der Waals surface area contributed by atoms with Crippen molar-refractivity contribution in [2.75, 3.05) is 23.8 Å². The van der Waals surface area contributed by atoms with Gasteiger partial charge in [0.15, 0.2) is 5.82 Å². The van der Waals surface area contributed by atoms with Gasteiger partial charge in [-0.1, -0.05) is 0 Å². The van der Waals surface area contributed by atoms with E-state index < -0.39 is 0 Å². The highest BCUT2D eigenvalue weighted by molar-refractivity contribution is 5.85. The van der Waals surface area contributed by atoms with Gasteiger partial charge in [0.2, 0.25) is 11.9 Å². The molecule has 5 rings (SSSR count). The molecule has 0 aromatic carbocycles. The number of H-pyrrole nitrogens is 1. The molecule has 3 aromatic heterocycles. The van der Waals surface area contributed by atoms with Crippen LogP contribution in [-0.4, -0.2) is 50.3 Å². The highest BCUT2D eigenvalue weighted by Gasteiger charge is 2.32. The van der Waals surface area contributed by atoms with Gasteiger partial charge in [-0.15, -0.1) is 5.10 Å². The van der Waals surface area contributed by atoms with Crippen molar-refractivity contribution in [3.63, 3.8) is 0 Å². The lowest BCUT2D eigenvalue weighted by atomic mass is 10.2. The lowest BCUT2D eigenvalue weighted by molar-refractivity contribution is -0.121. The Balaban J connectivity index is 1.49. The molecule has 1 aliphatic carbocycles. The van der Waals surface area contributed by atoms with Gasteiger partial charge in [-0.2, -0.15) is 10.1 Å². The second-order valence-electron chi connectivity index (χ2n) is 7.17. The zero-order valence-electron chi connectivity index (χ0n) is 15.1. The van der Waals surface area contributed by atoms with Crippen LogP contribution in [-0.2, 0) is 4.79 Å². The van der Waals surface area contributed by atoms with Crippen LogP contribution < -0.4 is 15.5 Å². The molecule has 9 nitrogen and oxygen atoms in total. The first-order valence-corrected chi connectivity index (χ1v) is 9.39. The van der Waals surface area contributed by atoms with Crippen molar-refractivity contribution in [3.05, 3.63) is 30.1 Å². The van der Waals surface area contributed by atoms with E-state index in [2.05, 4.69) is 25.9 Å². The maximum absolute atomic E-state index is 12.2. The summed E-state index contributed by atoms with van der Waals surface area (Å²) in [5.41, 5.74) is 1.97. The number of likely N-dealkylation sites (N-methyl/N-ethyl adjacent to an activating group) is 1. The quantitative estimate of drug-likeness (QED) is 0.636. The Morgan fingerprint density at radius 1 is 1.33 bits per heavy atom. The van der Waals surface area contributed by atoms with Gasteiger partial charge in [-0.3, -0.25) is 9.89 Å². The molecule has 1 amide bonds. The molecule has 0 radical (unpaired) electrons. The summed E-state index contributed by atoms with van der Waals surface area (Å²) < 4.78 is 1.79. The van der Waals surface area contributed by atoms with Gasteiger partial charge < -0.3 is 15.5 Å². The van der Waals surface area contributed by atoms with E-state index in [1.54, 1.807) is 11.6 Å². The summed E-state index contributed by atoms with van der Waals surface area (Å²) >= 11 is 0. The van der Waals surface area contributed by atoms with Crippen LogP contribution >= 0.6 is 0 Å². The van der Waals surface area contributed by atoms with Gasteiger partial charge in [0.1, 0.15) is 17.4 Å². The minimum Gasteiger partial charge on any atom is -0.357 e. The molecule has 27 heavy (non-hydrogen) atoms. The third kappa shape index (κ3) is 2.88. The molecule has 3 N–H and O–H groups in total. The van der Waals surface area contributed by atoms with E-state index >= 15 is 0 Å². The summed E-state index contributed by atoms with van der Waals surface area (Å²) in [6.45, 7) is 0.764. The number of carbonyl (C=O) groups is 1. The maximum Gasteiger partial charge on any atom is 0.246 e. The van der Waals surface area contributed by atoms with Crippen LogP contribution in [0.1, 0.15) is 37.3 Å². The molecule has 4 heterocycles. The van der Waals surface area contributed by atoms with Gasteiger partial charge in [0.25, 0.3) is 0 Å². The minimum absolute atomic E-state index is 0.000792. The molecule has 140 valence electrons. The SMILES string of the molecule is CNC(=O)[C@@H]1CCCN1c1nc(Nc2cc(C3CC3)n[nH]2)c2cccn2n1. The van der Waals surface area contributed by atoms with E-state index in [1.807, 2.05) is 29.3 Å². The molecule has 1 saturated heterocycles. The van der Waals surface area contributed by atoms with Crippen molar-refractivity contribution in [3.8, 4) is 0 Å². The van der Waals surface area contributed by atoms with Gasteiger partial charge in [-0.05, 0) is 37.8 Å². The summed E-state index contributed by atoms with van der Waals surface area (Å²) in [7, 11) is 1.66. The summed E-state index contributed by atoms with van der Waals surface area (Å²) in [6, 6.07) is 5.71. The minimum atomic E-state index is -0.232. The zero-order chi connectivity index (χ0) is 18.4. The number of hydrogen-bond donors (Lipinski definition) is 3. The second-order valence-corrected chi connectivity index (χ2v) is 7.17. The fourth-order valence-electron chi connectivity index (χ4n) is 3.70. The third-order valence-corrected chi connectivity index (χ3v) is 5.28. The van der Waals surface area contributed by atoms with Crippen molar-refractivity contribution in [1.29, 1.82) is 0 Å². The number of hydrogen-bond acceptors (Lipinski definition) is 6. The van der Waals surface area contributed by atoms with Gasteiger partial charge >= 0.3 is 0 Å². The summed E-state index contributed by atoms with van der Waals surface area (Å²) in [5, 5.41) is 18.1. The normalized spacial score (nSPS) is 19.6. The Bertz CT molecular complexity index is 988. The first-order valence-electron chi connectivity index (χ1n) is 9.39. The predicted octanol–water partition coefficient (Wildman–Crippen LogP) is 1.79. The van der Waals surface area contributed by atoms with Crippen molar-refractivity contribution < 1.29 is 4.79 Å². The molecule has 1 atom stereocenters. The van der Waals surface area contributed by atoms with Gasteiger partial charge in [-0.25, -0.2) is 4.52 Å². The fourth-order valence-corrected chi connectivity index (χ4v) is 3.70. The number of aromatic nitrogens is 5. The largest absolute Gasteiger partial charge is 0.357 e. The topological polar surface area (TPSA) is 103 Å². The molecule has 0 unspecified atom stereocenters. The third-order valence-electron chi connectivity index (χ3n) is 5.28. The number of aromatic amines is 1. The first kappa shape index (κ1) is 16.1. The Labute approximate surface area is 156 Å². The number of rotatable bonds is 5. The van der Waals surface area contributed by atoms with Crippen LogP contribution in [0.5, 0.6) is 0 Å². The zero-order valence-corrected chi connectivity index (χ0v) is 15.1. The highest BCUT2D eigenvalue weighted by Crippen LogP contribution is 2.39. The monoisotopic (exact) mass is 366 g/mol. The molecular weight excluding hydrogens is 344 g/mol. The number of amides is 1. The van der Waals surface area contributed by atoms with Crippen LogP contribution in [0.25, 0.3) is 5.52 Å². The van der Waals surface area contributed by atoms with Crippen LogP contribution in [0.2, 0.25) is 0 Å². The molecule has 2 fully saturated rings. The van der Waals surface area contributed by atoms with Crippen LogP contribution in [0.15, 0.2) is 24.4 Å². The lowest BCUT2D eigenvalue weighted by Crippen LogP contribution is -2.43. The average molecular weight is 366 g/mol. The summed E-state index contributed by atoms with van der Waals surface area (Å²) in [6.07, 6.45) is 6.06. The Morgan fingerprint density at radius 3 is 3.04 bits per heavy atom. The van der Waals surface area contributed by atoms with E-state index in [1.165, 1.54) is 12.8 Å². The number of anilines is 3. The highest BCUT2D eigenvalue weighted by atomic mass is 16.2. The van der Waals surface area contributed by atoms with E-state index in [0.717, 1.165) is 36.4 Å². The Morgan fingerprint density at radius 2 is 2.22 bits per heavy atom. The van der Waals surface area contributed by atoms with E-state index in [9.17, 15) is 4.79 Å². The number of nitrogens with one attached hydrogen (secondary N) is 3. The van der Waals surface area contributed by atoms with Crippen molar-refractivity contribution in [2.24, 2.45) is 0 Å². The average Bonchev–Trinajstić information content (AvgIpc) is 3.09. The van der Waals surface area contributed by atoms with E-state index in [-0.39, 0.29) is 11.9 Å². The number of nitrogens with zero attached hydrogens (tertiary/aromatic N) is 5. The molecule has 1 aliphatic heterocycles. The van der Waals surface area contributed by atoms with Crippen LogP contribution in [0.4, 0.5) is 17.6 Å². The summed E-state index contributed by atoms with van der Waals surface area (Å²) in [4.78, 5) is 18.9. The van der Waals surface area contributed by atoms with E-state index in [4.69, 9.17) is 4.98 Å². The fraction of sp³-hybridized carbons (Fsp3) is 0.444. The van der Waals surface area contributed by atoms with Crippen LogP contribution in [0, 0.1) is 0 Å². The smallest absolute Gasteiger partial charge is 0.246 e. The molecule has 9 heteroatoms. The Hall–Kier alpha value is -3.10. The number of carbonyl (C=O) groups excluding carboxylic acids is 1. The molecule has 2 aliphatic rings. The molecule has 0 spiro atoms. The summed E-state index contributed by atoms with van der Waals surface area (Å²) in [5.74, 6) is 2.64. The lowest BCUT2D eigenvalue weighted by Gasteiger charge is -2.23. The molecular formula is C18H22N8O. The predicted molar refractivity (Wildman–Crippen MR) is 101 cm³/mol. The van der Waals surface area contributed by atoms with Gasteiger partial charge in [0.05, 0.1) is 5.69 Å². The van der Waals surface area contributed by atoms with Crippen molar-refractivity contribution in [1.82, 2.24) is 30.1 Å². The van der Waals surface area contributed by atoms with E-state index in [0.29, 0.717) is 17.7 Å². The standard InChI is InChI=1S/C18H22N8O/c1-19-17(27)14-5-2-8-25(14)18-21-16(13-4-3-9-26(13)24-18)20-15-10-12(22-23-15)11-6-7-11/h3-4,9-11,14H,2,5-8H2,1H3,(H,19,27)(H2,20,21,22,23,24)/t14-/m0/s1. The molecule has 0 bridgehead atoms. The molecule has 3 aromatic rings. The second kappa shape index (κ2) is 6.26. The Kier molecular flexibility index (Phi) is 3.73. The number of fused-ring (bicyclic) bond motifs is 1. The van der Waals surface area contributed by atoms with Crippen molar-refractivity contribution >= 4 is 29.0 Å². The molecule has 1 saturated carbocycles. The van der Waals surface area contributed by atoms with Gasteiger partial charge in [0, 0.05) is 31.8 Å². The van der Waals surface area contributed by atoms with Crippen LogP contribution in [0.3, 0.4) is 0 Å².